The van der Waals surface area contributed by atoms with Crippen LogP contribution in [-0.4, -0.2) is 64.2 Å². The first-order valence-electron chi connectivity index (χ1n) is 14.7. The first-order chi connectivity index (χ1) is 19.1. The third-order valence-corrected chi connectivity index (χ3v) is 10.1. The fourth-order valence-electron chi connectivity index (χ4n) is 6.93. The van der Waals surface area contributed by atoms with Crippen molar-refractivity contribution in [2.75, 3.05) is 44.3 Å². The summed E-state index contributed by atoms with van der Waals surface area (Å²) in [5, 5.41) is 0. The average Bonchev–Trinajstić information content (AvgIpc) is 3.35. The number of benzene rings is 2. The zero-order valence-corrected chi connectivity index (χ0v) is 25.6. The Morgan fingerprint density at radius 2 is 1.73 bits per heavy atom. The SMILES string of the molecule is C#Cc1ccc2c(c1)CC1=C2C(=O)c2cc(C#C[Si](C)(C)C)c(N3CCC(N4CCOCC4)CC3)cc2C1(C)C. The highest BCUT2D eigenvalue weighted by Crippen LogP contribution is 2.51. The molecule has 5 heteroatoms. The molecule has 40 heavy (non-hydrogen) atoms. The second-order valence-electron chi connectivity index (χ2n) is 13.3. The van der Waals surface area contributed by atoms with Crippen molar-refractivity contribution >= 4 is 25.1 Å². The number of nitrogens with zero attached hydrogens (tertiary/aromatic N) is 2. The van der Waals surface area contributed by atoms with Crippen LogP contribution in [0, 0.1) is 23.8 Å². The predicted molar refractivity (Wildman–Crippen MR) is 167 cm³/mol. The van der Waals surface area contributed by atoms with E-state index in [1.54, 1.807) is 0 Å². The molecule has 4 aliphatic rings. The number of Topliss-reactive ketones (excluding diaryl/α,β-unsaturated/α-hetero) is 1. The van der Waals surface area contributed by atoms with Crippen LogP contribution in [0.1, 0.15) is 64.9 Å². The molecule has 2 saturated heterocycles. The molecule has 0 unspecified atom stereocenters. The summed E-state index contributed by atoms with van der Waals surface area (Å²) in [6, 6.07) is 11.1. The monoisotopic (exact) mass is 548 g/mol. The Balaban J connectivity index is 1.40. The van der Waals surface area contributed by atoms with Gasteiger partial charge in [0.2, 0.25) is 0 Å². The van der Waals surface area contributed by atoms with Crippen molar-refractivity contribution in [3.63, 3.8) is 0 Å². The Labute approximate surface area is 240 Å². The molecule has 6 rings (SSSR count). The van der Waals surface area contributed by atoms with Gasteiger partial charge in [0, 0.05) is 59.9 Å². The van der Waals surface area contributed by atoms with E-state index in [9.17, 15) is 4.79 Å². The van der Waals surface area contributed by atoms with E-state index in [1.807, 2.05) is 12.1 Å². The maximum absolute atomic E-state index is 14.2. The number of morpholine rings is 1. The number of allylic oxidation sites excluding steroid dienone is 2. The molecule has 2 aromatic carbocycles. The van der Waals surface area contributed by atoms with Crippen LogP contribution in [0.25, 0.3) is 5.57 Å². The maximum Gasteiger partial charge on any atom is 0.193 e. The Bertz CT molecular complexity index is 1510. The molecular weight excluding hydrogens is 508 g/mol. The predicted octanol–water partition coefficient (Wildman–Crippen LogP) is 5.68. The largest absolute Gasteiger partial charge is 0.379 e. The molecule has 2 heterocycles. The molecule has 0 N–H and O–H groups in total. The standard InChI is InChI=1S/C35H40N2O2Si/c1-7-24-8-9-28-26(20-24)22-31-33(28)34(38)29-21-25(12-19-40(4,5)6)32(23-30(29)35(31,2)3)37-13-10-27(11-14-37)36-15-17-39-18-16-36/h1,8-9,20-21,23,27H,10-11,13-18,22H2,2-6H3. The van der Waals surface area contributed by atoms with Gasteiger partial charge in [0.15, 0.2) is 5.78 Å². The van der Waals surface area contributed by atoms with Crippen LogP contribution in [0.15, 0.2) is 35.9 Å². The van der Waals surface area contributed by atoms with Gasteiger partial charge < -0.3 is 9.64 Å². The van der Waals surface area contributed by atoms with Gasteiger partial charge in [-0.25, -0.2) is 0 Å². The van der Waals surface area contributed by atoms with Gasteiger partial charge in [0.1, 0.15) is 8.07 Å². The third kappa shape index (κ3) is 4.75. The second kappa shape index (κ2) is 10.1. The lowest BCUT2D eigenvalue weighted by Crippen LogP contribution is -2.49. The summed E-state index contributed by atoms with van der Waals surface area (Å²) in [5.74, 6) is 6.46. The summed E-state index contributed by atoms with van der Waals surface area (Å²) >= 11 is 0. The number of terminal acetylenes is 1. The number of rotatable bonds is 2. The van der Waals surface area contributed by atoms with Gasteiger partial charge >= 0.3 is 0 Å². The first kappa shape index (κ1) is 27.1. The third-order valence-electron chi connectivity index (χ3n) is 9.18. The van der Waals surface area contributed by atoms with E-state index in [-0.39, 0.29) is 11.2 Å². The number of ketones is 1. The number of anilines is 1. The topological polar surface area (TPSA) is 32.8 Å². The minimum atomic E-state index is -1.61. The van der Waals surface area contributed by atoms with E-state index in [0.717, 1.165) is 92.0 Å². The maximum atomic E-state index is 14.2. The van der Waals surface area contributed by atoms with Crippen molar-refractivity contribution in [2.24, 2.45) is 0 Å². The number of hydrogen-bond donors (Lipinski definition) is 0. The first-order valence-corrected chi connectivity index (χ1v) is 18.2. The van der Waals surface area contributed by atoms with Crippen molar-refractivity contribution in [2.45, 2.75) is 64.2 Å². The Hall–Kier alpha value is -3.09. The molecule has 0 spiro atoms. The van der Waals surface area contributed by atoms with Gasteiger partial charge in [-0.2, -0.15) is 0 Å². The molecule has 4 nitrogen and oxygen atoms in total. The molecule has 0 amide bonds. The molecular formula is C35H40N2O2Si. The molecule has 0 saturated carbocycles. The average molecular weight is 549 g/mol. The number of piperidine rings is 1. The molecule has 206 valence electrons. The zero-order valence-electron chi connectivity index (χ0n) is 24.6. The zero-order chi connectivity index (χ0) is 28.2. The van der Waals surface area contributed by atoms with E-state index in [4.69, 9.17) is 11.2 Å². The van der Waals surface area contributed by atoms with Gasteiger partial charge in [-0.1, -0.05) is 51.4 Å². The van der Waals surface area contributed by atoms with Crippen molar-refractivity contribution in [1.29, 1.82) is 0 Å². The summed E-state index contributed by atoms with van der Waals surface area (Å²) in [6.07, 6.45) is 8.76. The van der Waals surface area contributed by atoms with Crippen LogP contribution >= 0.6 is 0 Å². The molecule has 2 aromatic rings. The highest BCUT2D eigenvalue weighted by molar-refractivity contribution is 6.83. The Kier molecular flexibility index (Phi) is 6.82. The smallest absolute Gasteiger partial charge is 0.193 e. The molecule has 0 radical (unpaired) electrons. The molecule has 0 atom stereocenters. The van der Waals surface area contributed by atoms with Gasteiger partial charge in [0.25, 0.3) is 0 Å². The number of carbonyl (C=O) groups excluding carboxylic acids is 1. The number of carbonyl (C=O) groups is 1. The Morgan fingerprint density at radius 1 is 1.00 bits per heavy atom. The lowest BCUT2D eigenvalue weighted by atomic mass is 9.68. The number of fused-ring (bicyclic) bond motifs is 3. The highest BCUT2D eigenvalue weighted by Gasteiger charge is 2.43. The quantitative estimate of drug-likeness (QED) is 0.357. The molecule has 2 aliphatic heterocycles. The lowest BCUT2D eigenvalue weighted by molar-refractivity contribution is 0.0115. The second-order valence-corrected chi connectivity index (χ2v) is 18.0. The van der Waals surface area contributed by atoms with E-state index in [0.29, 0.717) is 6.04 Å². The minimum Gasteiger partial charge on any atom is -0.379 e. The van der Waals surface area contributed by atoms with E-state index in [1.165, 1.54) is 16.8 Å². The van der Waals surface area contributed by atoms with Gasteiger partial charge in [0.05, 0.1) is 18.9 Å². The van der Waals surface area contributed by atoms with E-state index in [2.05, 4.69) is 78.9 Å². The highest BCUT2D eigenvalue weighted by atomic mass is 28.3. The molecule has 0 bridgehead atoms. The lowest BCUT2D eigenvalue weighted by Gasteiger charge is -2.42. The van der Waals surface area contributed by atoms with Crippen molar-refractivity contribution in [3.8, 4) is 23.8 Å². The summed E-state index contributed by atoms with van der Waals surface area (Å²) in [7, 11) is -1.61. The van der Waals surface area contributed by atoms with Crippen LogP contribution in [0.3, 0.4) is 0 Å². The van der Waals surface area contributed by atoms with Crippen LogP contribution in [0.4, 0.5) is 5.69 Å². The minimum absolute atomic E-state index is 0.130. The Morgan fingerprint density at radius 3 is 2.40 bits per heavy atom. The van der Waals surface area contributed by atoms with Gasteiger partial charge in [-0.15, -0.1) is 12.0 Å². The summed E-state index contributed by atoms with van der Waals surface area (Å²) in [4.78, 5) is 19.3. The molecule has 2 fully saturated rings. The summed E-state index contributed by atoms with van der Waals surface area (Å²) in [6.45, 7) is 17.2. The van der Waals surface area contributed by atoms with Crippen LogP contribution in [0.2, 0.25) is 19.6 Å². The van der Waals surface area contributed by atoms with E-state index >= 15 is 0 Å². The normalized spacial score (nSPS) is 20.8. The summed E-state index contributed by atoms with van der Waals surface area (Å²) in [5.41, 5.74) is 12.6. The van der Waals surface area contributed by atoms with Crippen LogP contribution in [-0.2, 0) is 16.6 Å². The van der Waals surface area contributed by atoms with E-state index < -0.39 is 8.07 Å². The fraction of sp³-hybridized carbons (Fsp3) is 0.457. The number of ether oxygens (including phenoxy) is 1. The molecule has 0 aromatic heterocycles. The number of hydrogen-bond acceptors (Lipinski definition) is 4. The van der Waals surface area contributed by atoms with Gasteiger partial charge in [-0.05, 0) is 65.8 Å². The van der Waals surface area contributed by atoms with Crippen LogP contribution in [0.5, 0.6) is 0 Å². The van der Waals surface area contributed by atoms with Crippen molar-refractivity contribution in [1.82, 2.24) is 4.90 Å². The van der Waals surface area contributed by atoms with Gasteiger partial charge in [-0.3, -0.25) is 9.69 Å². The van der Waals surface area contributed by atoms with Crippen molar-refractivity contribution < 1.29 is 9.53 Å². The fourth-order valence-corrected chi connectivity index (χ4v) is 7.44. The van der Waals surface area contributed by atoms with Crippen LogP contribution < -0.4 is 4.90 Å². The summed E-state index contributed by atoms with van der Waals surface area (Å²) < 4.78 is 5.59. The molecule has 2 aliphatic carbocycles. The van der Waals surface area contributed by atoms with Crippen molar-refractivity contribution in [3.05, 3.63) is 69.3 Å².